The van der Waals surface area contributed by atoms with E-state index in [4.69, 9.17) is 0 Å². The van der Waals surface area contributed by atoms with E-state index in [1.54, 1.807) is 18.5 Å². The van der Waals surface area contributed by atoms with Crippen molar-refractivity contribution >= 4 is 17.1 Å². The first-order valence-corrected chi connectivity index (χ1v) is 5.26. The van der Waals surface area contributed by atoms with Gasteiger partial charge in [-0.05, 0) is 13.0 Å². The smallest absolute Gasteiger partial charge is 0.188 e. The Morgan fingerprint density at radius 3 is 2.53 bits per heavy atom. The molecule has 0 saturated heterocycles. The van der Waals surface area contributed by atoms with Crippen molar-refractivity contribution in [3.05, 3.63) is 29.0 Å². The third kappa shape index (κ3) is 1.92. The molecular weight excluding hydrogens is 210 g/mol. The van der Waals surface area contributed by atoms with Crippen LogP contribution in [0.5, 0.6) is 0 Å². The number of carbonyl (C=O) groups excluding carboxylic acids is 1. The number of thiazole rings is 1. The van der Waals surface area contributed by atoms with Crippen molar-refractivity contribution in [3.63, 3.8) is 0 Å². The van der Waals surface area contributed by atoms with Gasteiger partial charge in [0.25, 0.3) is 0 Å². The highest BCUT2D eigenvalue weighted by Gasteiger charge is 2.13. The molecular formula is C10H9N3OS. The van der Waals surface area contributed by atoms with Crippen molar-refractivity contribution < 1.29 is 4.79 Å². The Hall–Kier alpha value is -1.62. The molecule has 4 nitrogen and oxygen atoms in total. The minimum absolute atomic E-state index is 0.0223. The Bertz CT molecular complexity index is 493. The monoisotopic (exact) mass is 219 g/mol. The Morgan fingerprint density at radius 1 is 1.33 bits per heavy atom. The molecule has 0 bridgehead atoms. The van der Waals surface area contributed by atoms with Crippen LogP contribution in [-0.2, 0) is 0 Å². The minimum atomic E-state index is -0.0223. The summed E-state index contributed by atoms with van der Waals surface area (Å²) in [5.74, 6) is 0.545. The fraction of sp³-hybridized carbons (Fsp3) is 0.200. The van der Waals surface area contributed by atoms with Gasteiger partial charge in [-0.1, -0.05) is 0 Å². The summed E-state index contributed by atoms with van der Waals surface area (Å²) in [4.78, 5) is 24.5. The van der Waals surface area contributed by atoms with Crippen LogP contribution in [0.3, 0.4) is 0 Å². The molecule has 0 atom stereocenters. The third-order valence-electron chi connectivity index (χ3n) is 1.89. The summed E-state index contributed by atoms with van der Waals surface area (Å²) in [5, 5.41) is 0.693. The number of carbonyl (C=O) groups is 1. The first-order valence-electron chi connectivity index (χ1n) is 4.44. The van der Waals surface area contributed by atoms with E-state index in [-0.39, 0.29) is 5.78 Å². The van der Waals surface area contributed by atoms with Gasteiger partial charge >= 0.3 is 0 Å². The molecule has 0 amide bonds. The van der Waals surface area contributed by atoms with Gasteiger partial charge in [0.2, 0.25) is 0 Å². The van der Waals surface area contributed by atoms with E-state index in [0.717, 1.165) is 4.88 Å². The van der Waals surface area contributed by atoms with Gasteiger partial charge in [0.05, 0.1) is 0 Å². The van der Waals surface area contributed by atoms with Crippen molar-refractivity contribution in [2.75, 3.05) is 0 Å². The molecule has 0 fully saturated rings. The molecule has 2 rings (SSSR count). The van der Waals surface area contributed by atoms with Crippen LogP contribution in [0, 0.1) is 6.92 Å². The largest absolute Gasteiger partial charge is 0.293 e. The predicted molar refractivity (Wildman–Crippen MR) is 57.9 cm³/mol. The number of nitrogens with zero attached hydrogens (tertiary/aromatic N) is 3. The Morgan fingerprint density at radius 2 is 2.00 bits per heavy atom. The second-order valence-electron chi connectivity index (χ2n) is 3.05. The Kier molecular flexibility index (Phi) is 2.55. The van der Waals surface area contributed by atoms with E-state index in [0.29, 0.717) is 16.5 Å². The summed E-state index contributed by atoms with van der Waals surface area (Å²) in [6.07, 6.45) is 3.32. The van der Waals surface area contributed by atoms with Crippen molar-refractivity contribution in [1.82, 2.24) is 15.0 Å². The Labute approximate surface area is 91.0 Å². The highest BCUT2D eigenvalue weighted by atomic mass is 32.1. The van der Waals surface area contributed by atoms with Crippen LogP contribution in [-0.4, -0.2) is 20.7 Å². The molecule has 0 aliphatic carbocycles. The van der Waals surface area contributed by atoms with Gasteiger partial charge in [-0.2, -0.15) is 0 Å². The molecule has 2 aromatic rings. The normalized spacial score (nSPS) is 10.3. The van der Waals surface area contributed by atoms with E-state index in [1.807, 2.05) is 6.92 Å². The second kappa shape index (κ2) is 3.86. The van der Waals surface area contributed by atoms with Crippen LogP contribution in [0.25, 0.3) is 10.8 Å². The van der Waals surface area contributed by atoms with Crippen LogP contribution in [0.1, 0.15) is 22.3 Å². The van der Waals surface area contributed by atoms with E-state index in [9.17, 15) is 4.79 Å². The molecule has 0 saturated carbocycles. The number of aromatic nitrogens is 3. The van der Waals surface area contributed by atoms with Crippen LogP contribution >= 0.6 is 11.3 Å². The second-order valence-corrected chi connectivity index (χ2v) is 4.26. The molecule has 5 heteroatoms. The number of hydrogen-bond donors (Lipinski definition) is 0. The quantitative estimate of drug-likeness (QED) is 0.726. The molecule has 0 aromatic carbocycles. The topological polar surface area (TPSA) is 55.7 Å². The predicted octanol–water partition coefficient (Wildman–Crippen LogP) is 2.11. The van der Waals surface area contributed by atoms with Gasteiger partial charge in [0, 0.05) is 24.2 Å². The van der Waals surface area contributed by atoms with Crippen molar-refractivity contribution in [1.29, 1.82) is 0 Å². The van der Waals surface area contributed by atoms with Crippen LogP contribution in [0.4, 0.5) is 0 Å². The van der Waals surface area contributed by atoms with Gasteiger partial charge in [-0.25, -0.2) is 15.0 Å². The fourth-order valence-corrected chi connectivity index (χ4v) is 2.14. The average Bonchev–Trinajstić information content (AvgIpc) is 2.62. The average molecular weight is 219 g/mol. The number of hydrogen-bond acceptors (Lipinski definition) is 5. The van der Waals surface area contributed by atoms with E-state index < -0.39 is 0 Å². The summed E-state index contributed by atoms with van der Waals surface area (Å²) >= 11 is 1.44. The highest BCUT2D eigenvalue weighted by Crippen LogP contribution is 2.24. The zero-order valence-corrected chi connectivity index (χ0v) is 9.21. The molecule has 0 aliphatic rings. The highest BCUT2D eigenvalue weighted by molar-refractivity contribution is 7.15. The molecule has 0 spiro atoms. The standard InChI is InChI=1S/C10H9N3OS/c1-6(14)8-7(2)15-10(13-8)9-11-4-3-5-12-9/h3-5H,1-2H3. The number of aryl methyl sites for hydroxylation is 1. The zero-order chi connectivity index (χ0) is 10.8. The first-order chi connectivity index (χ1) is 7.18. The van der Waals surface area contributed by atoms with Crippen molar-refractivity contribution in [2.24, 2.45) is 0 Å². The SMILES string of the molecule is CC(=O)c1nc(-c2ncccn2)sc1C. The summed E-state index contributed by atoms with van der Waals surface area (Å²) in [5.41, 5.74) is 0.516. The van der Waals surface area contributed by atoms with E-state index >= 15 is 0 Å². The summed E-state index contributed by atoms with van der Waals surface area (Å²) in [6.45, 7) is 3.39. The lowest BCUT2D eigenvalue weighted by molar-refractivity contribution is 0.101. The lowest BCUT2D eigenvalue weighted by Gasteiger charge is -1.90. The number of Topliss-reactive ketones (excluding diaryl/α,β-unsaturated/α-hetero) is 1. The Balaban J connectivity index is 2.48. The van der Waals surface area contributed by atoms with Crippen molar-refractivity contribution in [3.8, 4) is 10.8 Å². The lowest BCUT2D eigenvalue weighted by atomic mass is 10.3. The van der Waals surface area contributed by atoms with E-state index in [1.165, 1.54) is 18.3 Å². The third-order valence-corrected chi connectivity index (χ3v) is 2.85. The number of ketones is 1. The van der Waals surface area contributed by atoms with E-state index in [2.05, 4.69) is 15.0 Å². The van der Waals surface area contributed by atoms with Crippen LogP contribution in [0.2, 0.25) is 0 Å². The molecule has 0 unspecified atom stereocenters. The molecule has 2 heterocycles. The van der Waals surface area contributed by atoms with Gasteiger partial charge in [-0.15, -0.1) is 11.3 Å². The van der Waals surface area contributed by atoms with Gasteiger partial charge < -0.3 is 0 Å². The minimum Gasteiger partial charge on any atom is -0.293 e. The van der Waals surface area contributed by atoms with Crippen LogP contribution < -0.4 is 0 Å². The molecule has 0 N–H and O–H groups in total. The number of rotatable bonds is 2. The summed E-state index contributed by atoms with van der Waals surface area (Å²) in [7, 11) is 0. The maximum atomic E-state index is 11.2. The first kappa shape index (κ1) is 9.92. The van der Waals surface area contributed by atoms with Gasteiger partial charge in [0.1, 0.15) is 5.69 Å². The molecule has 76 valence electrons. The van der Waals surface area contributed by atoms with Crippen molar-refractivity contribution in [2.45, 2.75) is 13.8 Å². The summed E-state index contributed by atoms with van der Waals surface area (Å²) in [6, 6.07) is 1.75. The maximum Gasteiger partial charge on any atom is 0.188 e. The van der Waals surface area contributed by atoms with Crippen LogP contribution in [0.15, 0.2) is 18.5 Å². The maximum absolute atomic E-state index is 11.2. The lowest BCUT2D eigenvalue weighted by Crippen LogP contribution is -1.94. The molecule has 0 aliphatic heterocycles. The van der Waals surface area contributed by atoms with Gasteiger partial charge in [0.15, 0.2) is 16.6 Å². The molecule has 15 heavy (non-hydrogen) atoms. The fourth-order valence-electron chi connectivity index (χ4n) is 1.23. The zero-order valence-electron chi connectivity index (χ0n) is 8.39. The molecule has 2 aromatic heterocycles. The summed E-state index contributed by atoms with van der Waals surface area (Å²) < 4.78 is 0. The van der Waals surface area contributed by atoms with Gasteiger partial charge in [-0.3, -0.25) is 4.79 Å². The molecule has 0 radical (unpaired) electrons.